The number of thiazole rings is 1. The minimum atomic E-state index is -0.0729. The molecule has 3 aromatic rings. The molecule has 1 atom stereocenters. The summed E-state index contributed by atoms with van der Waals surface area (Å²) in [4.78, 5) is 19.2. The number of carbonyl (C=O) groups is 1. The summed E-state index contributed by atoms with van der Waals surface area (Å²) < 4.78 is 6.17. The molecule has 1 aromatic carbocycles. The fraction of sp³-hybridized carbons (Fsp3) is 0.353. The molecule has 4 rings (SSSR count). The van der Waals surface area contributed by atoms with Crippen LogP contribution in [0.25, 0.3) is 10.2 Å². The molecule has 3 heterocycles. The first kappa shape index (κ1) is 15.3. The van der Waals surface area contributed by atoms with Crippen LogP contribution in [-0.2, 0) is 4.79 Å². The van der Waals surface area contributed by atoms with Crippen LogP contribution >= 0.6 is 11.3 Å². The quantitative estimate of drug-likeness (QED) is 0.787. The Bertz CT molecular complexity index is 839. The first-order chi connectivity index (χ1) is 11.7. The van der Waals surface area contributed by atoms with Gasteiger partial charge < -0.3 is 9.84 Å². The highest BCUT2D eigenvalue weighted by Crippen LogP contribution is 2.36. The summed E-state index contributed by atoms with van der Waals surface area (Å²) >= 11 is 1.72. The molecule has 7 heteroatoms. The highest BCUT2D eigenvalue weighted by atomic mass is 32.1. The largest absolute Gasteiger partial charge is 0.360 e. The molecule has 0 aliphatic carbocycles. The Morgan fingerprint density at radius 3 is 3.12 bits per heavy atom. The van der Waals surface area contributed by atoms with Crippen molar-refractivity contribution in [1.29, 1.82) is 0 Å². The van der Waals surface area contributed by atoms with Crippen molar-refractivity contribution in [2.75, 3.05) is 18.4 Å². The summed E-state index contributed by atoms with van der Waals surface area (Å²) in [5, 5.41) is 7.68. The van der Waals surface area contributed by atoms with Gasteiger partial charge in [0.2, 0.25) is 5.91 Å². The molecule has 24 heavy (non-hydrogen) atoms. The second kappa shape index (κ2) is 6.33. The topological polar surface area (TPSA) is 71.3 Å². The zero-order valence-corrected chi connectivity index (χ0v) is 14.2. The summed E-state index contributed by atoms with van der Waals surface area (Å²) in [6.07, 6.45) is 2.12. The van der Waals surface area contributed by atoms with Crippen molar-refractivity contribution >= 4 is 33.3 Å². The number of hydrogen-bond acceptors (Lipinski definition) is 6. The number of nitrogens with zero attached hydrogens (tertiary/aromatic N) is 3. The van der Waals surface area contributed by atoms with Crippen LogP contribution < -0.4 is 5.32 Å². The van der Waals surface area contributed by atoms with Gasteiger partial charge in [-0.2, -0.15) is 0 Å². The number of aromatic nitrogens is 2. The van der Waals surface area contributed by atoms with E-state index in [2.05, 4.69) is 21.4 Å². The SMILES string of the molecule is Cc1cc(NC(=O)CN2CCC[C@@H]2c2nc3ccccc3s2)no1. The Morgan fingerprint density at radius 1 is 1.46 bits per heavy atom. The first-order valence-corrected chi connectivity index (χ1v) is 8.83. The van der Waals surface area contributed by atoms with E-state index < -0.39 is 0 Å². The minimum absolute atomic E-state index is 0.0729. The molecule has 6 nitrogen and oxygen atoms in total. The number of aryl methyl sites for hydroxylation is 1. The predicted octanol–water partition coefficient (Wildman–Crippen LogP) is 3.37. The van der Waals surface area contributed by atoms with E-state index in [0.717, 1.165) is 29.9 Å². The lowest BCUT2D eigenvalue weighted by Crippen LogP contribution is -2.33. The lowest BCUT2D eigenvalue weighted by Gasteiger charge is -2.21. The van der Waals surface area contributed by atoms with Crippen molar-refractivity contribution in [1.82, 2.24) is 15.0 Å². The third kappa shape index (κ3) is 3.05. The average molecular weight is 342 g/mol. The Kier molecular flexibility index (Phi) is 4.03. The van der Waals surface area contributed by atoms with Crippen molar-refractivity contribution in [3.63, 3.8) is 0 Å². The highest BCUT2D eigenvalue weighted by molar-refractivity contribution is 7.18. The van der Waals surface area contributed by atoms with Gasteiger partial charge >= 0.3 is 0 Å². The summed E-state index contributed by atoms with van der Waals surface area (Å²) in [5.41, 5.74) is 1.03. The molecule has 1 aliphatic rings. The number of likely N-dealkylation sites (tertiary alicyclic amines) is 1. The Morgan fingerprint density at radius 2 is 2.33 bits per heavy atom. The van der Waals surface area contributed by atoms with Gasteiger partial charge in [-0.05, 0) is 38.4 Å². The van der Waals surface area contributed by atoms with Gasteiger partial charge in [0, 0.05) is 6.07 Å². The van der Waals surface area contributed by atoms with E-state index in [4.69, 9.17) is 9.51 Å². The fourth-order valence-corrected chi connectivity index (χ4v) is 4.26. The second-order valence-corrected chi connectivity index (χ2v) is 7.08. The summed E-state index contributed by atoms with van der Waals surface area (Å²) in [6, 6.07) is 10.1. The van der Waals surface area contributed by atoms with Crippen LogP contribution in [0.2, 0.25) is 0 Å². The zero-order valence-electron chi connectivity index (χ0n) is 13.4. The predicted molar refractivity (Wildman–Crippen MR) is 93.0 cm³/mol. The third-order valence-electron chi connectivity index (χ3n) is 4.20. The number of carbonyl (C=O) groups excluding carboxylic acids is 1. The summed E-state index contributed by atoms with van der Waals surface area (Å²) in [5.74, 6) is 1.07. The Balaban J connectivity index is 1.47. The van der Waals surface area contributed by atoms with Crippen LogP contribution in [0.4, 0.5) is 5.82 Å². The maximum atomic E-state index is 12.3. The van der Waals surface area contributed by atoms with Crippen molar-refractivity contribution in [3.8, 4) is 0 Å². The van der Waals surface area contributed by atoms with Gasteiger partial charge in [0.05, 0.1) is 22.8 Å². The lowest BCUT2D eigenvalue weighted by atomic mass is 10.2. The number of amides is 1. The van der Waals surface area contributed by atoms with Crippen LogP contribution in [0.5, 0.6) is 0 Å². The van der Waals surface area contributed by atoms with E-state index in [0.29, 0.717) is 18.1 Å². The molecule has 0 spiro atoms. The van der Waals surface area contributed by atoms with Crippen molar-refractivity contribution < 1.29 is 9.32 Å². The molecule has 0 radical (unpaired) electrons. The molecule has 1 aliphatic heterocycles. The number of hydrogen-bond donors (Lipinski definition) is 1. The van der Waals surface area contributed by atoms with Gasteiger partial charge in [-0.25, -0.2) is 4.98 Å². The molecule has 1 fully saturated rings. The number of rotatable bonds is 4. The van der Waals surface area contributed by atoms with Crippen molar-refractivity contribution in [2.45, 2.75) is 25.8 Å². The average Bonchev–Trinajstić information content (AvgIpc) is 3.26. The molecule has 1 amide bonds. The van der Waals surface area contributed by atoms with Crippen molar-refractivity contribution in [3.05, 3.63) is 41.1 Å². The Hall–Kier alpha value is -2.25. The van der Waals surface area contributed by atoms with E-state index in [1.54, 1.807) is 24.3 Å². The van der Waals surface area contributed by atoms with Gasteiger partial charge in [-0.3, -0.25) is 9.69 Å². The third-order valence-corrected chi connectivity index (χ3v) is 5.34. The standard InChI is InChI=1S/C17H18N4O2S/c1-11-9-15(20-23-11)19-16(22)10-21-8-4-6-13(21)17-18-12-5-2-3-7-14(12)24-17/h2-3,5,7,9,13H,4,6,8,10H2,1H3,(H,19,20,22)/t13-/m1/s1. The zero-order chi connectivity index (χ0) is 16.5. The molecule has 0 bridgehead atoms. The van der Waals surface area contributed by atoms with E-state index in [1.165, 1.54) is 4.70 Å². The first-order valence-electron chi connectivity index (χ1n) is 8.02. The molecule has 0 unspecified atom stereocenters. The van der Waals surface area contributed by atoms with Gasteiger partial charge in [0.25, 0.3) is 0 Å². The van der Waals surface area contributed by atoms with Crippen LogP contribution in [0.3, 0.4) is 0 Å². The highest BCUT2D eigenvalue weighted by Gasteiger charge is 2.30. The molecule has 1 N–H and O–H groups in total. The number of benzene rings is 1. The molecule has 2 aromatic heterocycles. The molecular formula is C17H18N4O2S. The van der Waals surface area contributed by atoms with Crippen molar-refractivity contribution in [2.24, 2.45) is 0 Å². The van der Waals surface area contributed by atoms with Crippen LogP contribution in [0.1, 0.15) is 29.7 Å². The number of anilines is 1. The number of para-hydroxylation sites is 1. The molecular weight excluding hydrogens is 324 g/mol. The van der Waals surface area contributed by atoms with E-state index in [-0.39, 0.29) is 11.9 Å². The van der Waals surface area contributed by atoms with Crippen LogP contribution in [0.15, 0.2) is 34.9 Å². The second-order valence-electron chi connectivity index (χ2n) is 6.02. The minimum Gasteiger partial charge on any atom is -0.360 e. The summed E-state index contributed by atoms with van der Waals surface area (Å²) in [7, 11) is 0. The number of fused-ring (bicyclic) bond motifs is 1. The van der Waals surface area contributed by atoms with E-state index in [9.17, 15) is 4.79 Å². The van der Waals surface area contributed by atoms with E-state index >= 15 is 0 Å². The molecule has 124 valence electrons. The number of nitrogens with one attached hydrogen (secondary N) is 1. The van der Waals surface area contributed by atoms with Gasteiger partial charge in [0.15, 0.2) is 5.82 Å². The maximum Gasteiger partial charge on any atom is 0.239 e. The van der Waals surface area contributed by atoms with E-state index in [1.807, 2.05) is 18.2 Å². The van der Waals surface area contributed by atoms with Gasteiger partial charge in [-0.1, -0.05) is 17.3 Å². The van der Waals surface area contributed by atoms with Gasteiger partial charge in [0.1, 0.15) is 10.8 Å². The maximum absolute atomic E-state index is 12.3. The molecule has 1 saturated heterocycles. The smallest absolute Gasteiger partial charge is 0.239 e. The Labute approximate surface area is 143 Å². The molecule has 0 saturated carbocycles. The lowest BCUT2D eigenvalue weighted by molar-refractivity contribution is -0.117. The summed E-state index contributed by atoms with van der Waals surface area (Å²) in [6.45, 7) is 3.05. The normalized spacial score (nSPS) is 18.3. The van der Waals surface area contributed by atoms with Gasteiger partial charge in [-0.15, -0.1) is 11.3 Å². The van der Waals surface area contributed by atoms with Crippen LogP contribution in [0, 0.1) is 6.92 Å². The fourth-order valence-electron chi connectivity index (χ4n) is 3.12. The van der Waals surface area contributed by atoms with Crippen LogP contribution in [-0.4, -0.2) is 34.0 Å². The monoisotopic (exact) mass is 342 g/mol.